The zero-order chi connectivity index (χ0) is 12.5. The molecule has 0 saturated heterocycles. The standard InChI is InChI=1S/C12H10FN3OS/c13-9-2-1-3-14-11(9)10(17)6-8-7-16-4-5-18-12(16)15-8/h1-5,7,10,17H,6H2. The van der Waals surface area contributed by atoms with Crippen molar-refractivity contribution in [3.63, 3.8) is 0 Å². The second-order valence-corrected chi connectivity index (χ2v) is 4.79. The SMILES string of the molecule is OC(Cc1cn2ccsc2n1)c1ncccc1F. The molecule has 0 aliphatic rings. The van der Waals surface area contributed by atoms with Gasteiger partial charge in [-0.15, -0.1) is 11.3 Å². The summed E-state index contributed by atoms with van der Waals surface area (Å²) >= 11 is 1.51. The number of rotatable bonds is 3. The van der Waals surface area contributed by atoms with Crippen LogP contribution in [0.4, 0.5) is 4.39 Å². The first-order valence-electron chi connectivity index (χ1n) is 5.43. The van der Waals surface area contributed by atoms with E-state index in [9.17, 15) is 9.50 Å². The molecule has 3 rings (SSSR count). The van der Waals surface area contributed by atoms with Crippen LogP contribution < -0.4 is 0 Å². The maximum absolute atomic E-state index is 13.4. The average molecular weight is 263 g/mol. The van der Waals surface area contributed by atoms with E-state index in [1.165, 1.54) is 29.7 Å². The molecule has 0 fully saturated rings. The van der Waals surface area contributed by atoms with E-state index in [0.717, 1.165) is 10.7 Å². The molecule has 0 aliphatic heterocycles. The second kappa shape index (κ2) is 4.47. The molecule has 0 radical (unpaired) electrons. The molecule has 0 saturated carbocycles. The highest BCUT2D eigenvalue weighted by Gasteiger charge is 2.16. The number of hydrogen-bond donors (Lipinski definition) is 1. The minimum Gasteiger partial charge on any atom is -0.386 e. The fraction of sp³-hybridized carbons (Fsp3) is 0.167. The Morgan fingerprint density at radius 3 is 3.17 bits per heavy atom. The van der Waals surface area contributed by atoms with E-state index in [0.29, 0.717) is 0 Å². The molecular weight excluding hydrogens is 253 g/mol. The van der Waals surface area contributed by atoms with E-state index in [1.54, 1.807) is 0 Å². The Labute approximate surface area is 106 Å². The lowest BCUT2D eigenvalue weighted by Crippen LogP contribution is -2.06. The van der Waals surface area contributed by atoms with Crippen molar-refractivity contribution in [1.29, 1.82) is 0 Å². The second-order valence-electron chi connectivity index (χ2n) is 3.92. The van der Waals surface area contributed by atoms with Gasteiger partial charge in [0.2, 0.25) is 0 Å². The lowest BCUT2D eigenvalue weighted by molar-refractivity contribution is 0.167. The highest BCUT2D eigenvalue weighted by atomic mass is 32.1. The number of aliphatic hydroxyl groups is 1. The van der Waals surface area contributed by atoms with Crippen LogP contribution in [0.3, 0.4) is 0 Å². The molecule has 0 spiro atoms. The minimum absolute atomic E-state index is 0.0638. The molecule has 0 aromatic carbocycles. The van der Waals surface area contributed by atoms with Crippen molar-refractivity contribution in [2.45, 2.75) is 12.5 Å². The highest BCUT2D eigenvalue weighted by Crippen LogP contribution is 2.20. The average Bonchev–Trinajstić information content (AvgIpc) is 2.90. The minimum atomic E-state index is -0.976. The van der Waals surface area contributed by atoms with Gasteiger partial charge in [-0.05, 0) is 12.1 Å². The molecule has 3 aromatic rings. The van der Waals surface area contributed by atoms with E-state index < -0.39 is 11.9 Å². The molecule has 92 valence electrons. The predicted octanol–water partition coefficient (Wildman–Crippen LogP) is 2.21. The topological polar surface area (TPSA) is 50.4 Å². The molecule has 4 nitrogen and oxygen atoms in total. The maximum Gasteiger partial charge on any atom is 0.193 e. The van der Waals surface area contributed by atoms with Crippen molar-refractivity contribution >= 4 is 16.3 Å². The summed E-state index contributed by atoms with van der Waals surface area (Å²) in [4.78, 5) is 9.06. The van der Waals surface area contributed by atoms with Crippen molar-refractivity contribution in [2.75, 3.05) is 0 Å². The molecule has 0 aliphatic carbocycles. The van der Waals surface area contributed by atoms with E-state index in [1.807, 2.05) is 22.2 Å². The van der Waals surface area contributed by atoms with Crippen LogP contribution in [0, 0.1) is 5.82 Å². The first-order chi connectivity index (χ1) is 8.74. The number of halogens is 1. The Bertz CT molecular complexity index is 650. The van der Waals surface area contributed by atoms with E-state index in [-0.39, 0.29) is 12.1 Å². The van der Waals surface area contributed by atoms with Gasteiger partial charge in [-0.1, -0.05) is 0 Å². The zero-order valence-corrected chi connectivity index (χ0v) is 10.1. The van der Waals surface area contributed by atoms with E-state index >= 15 is 0 Å². The van der Waals surface area contributed by atoms with Crippen LogP contribution in [0.25, 0.3) is 4.96 Å². The largest absolute Gasteiger partial charge is 0.386 e. The highest BCUT2D eigenvalue weighted by molar-refractivity contribution is 7.15. The van der Waals surface area contributed by atoms with Crippen molar-refractivity contribution in [3.05, 3.63) is 53.3 Å². The maximum atomic E-state index is 13.4. The van der Waals surface area contributed by atoms with Gasteiger partial charge >= 0.3 is 0 Å². The van der Waals surface area contributed by atoms with Gasteiger partial charge < -0.3 is 5.11 Å². The van der Waals surface area contributed by atoms with Gasteiger partial charge in [0.15, 0.2) is 4.96 Å². The third kappa shape index (κ3) is 2.00. The molecule has 1 N–H and O–H groups in total. The van der Waals surface area contributed by atoms with Gasteiger partial charge in [0.25, 0.3) is 0 Å². The van der Waals surface area contributed by atoms with Crippen LogP contribution in [0.2, 0.25) is 0 Å². The normalized spacial score (nSPS) is 13.0. The number of fused-ring (bicyclic) bond motifs is 1. The first kappa shape index (κ1) is 11.3. The zero-order valence-electron chi connectivity index (χ0n) is 9.32. The molecule has 18 heavy (non-hydrogen) atoms. The number of thiazole rings is 1. The van der Waals surface area contributed by atoms with Gasteiger partial charge in [0.05, 0.1) is 5.69 Å². The van der Waals surface area contributed by atoms with Crippen LogP contribution in [-0.2, 0) is 6.42 Å². The quantitative estimate of drug-likeness (QED) is 0.788. The van der Waals surface area contributed by atoms with Crippen LogP contribution >= 0.6 is 11.3 Å². The van der Waals surface area contributed by atoms with Gasteiger partial charge in [0.1, 0.15) is 17.6 Å². The molecular formula is C12H10FN3OS. The van der Waals surface area contributed by atoms with Gasteiger partial charge in [-0.3, -0.25) is 9.38 Å². The Morgan fingerprint density at radius 2 is 2.39 bits per heavy atom. The van der Waals surface area contributed by atoms with Crippen molar-refractivity contribution in [3.8, 4) is 0 Å². The van der Waals surface area contributed by atoms with Crippen LogP contribution in [0.5, 0.6) is 0 Å². The third-order valence-corrected chi connectivity index (χ3v) is 3.42. The van der Waals surface area contributed by atoms with Gasteiger partial charge in [-0.2, -0.15) is 0 Å². The molecule has 3 heterocycles. The summed E-state index contributed by atoms with van der Waals surface area (Å²) in [5.74, 6) is -0.494. The lowest BCUT2D eigenvalue weighted by Gasteiger charge is -2.08. The number of nitrogens with zero attached hydrogens (tertiary/aromatic N) is 3. The van der Waals surface area contributed by atoms with Crippen molar-refractivity contribution in [1.82, 2.24) is 14.4 Å². The summed E-state index contributed by atoms with van der Waals surface area (Å²) in [6, 6.07) is 2.79. The molecule has 1 unspecified atom stereocenters. The number of pyridine rings is 1. The lowest BCUT2D eigenvalue weighted by atomic mass is 10.1. The molecule has 6 heteroatoms. The Hall–Kier alpha value is -1.79. The summed E-state index contributed by atoms with van der Waals surface area (Å²) < 4.78 is 15.3. The fourth-order valence-corrected chi connectivity index (χ4v) is 2.53. The summed E-state index contributed by atoms with van der Waals surface area (Å²) in [7, 11) is 0. The predicted molar refractivity (Wildman–Crippen MR) is 65.9 cm³/mol. The molecule has 1 atom stereocenters. The summed E-state index contributed by atoms with van der Waals surface area (Å²) in [6.45, 7) is 0. The number of aromatic nitrogens is 3. The number of aliphatic hydroxyl groups excluding tert-OH is 1. The van der Waals surface area contributed by atoms with E-state index in [4.69, 9.17) is 0 Å². The number of imidazole rings is 1. The summed E-state index contributed by atoms with van der Waals surface area (Å²) in [6.07, 6.45) is 4.46. The smallest absolute Gasteiger partial charge is 0.193 e. The molecule has 0 bridgehead atoms. The molecule has 0 amide bonds. The van der Waals surface area contributed by atoms with E-state index in [2.05, 4.69) is 9.97 Å². The van der Waals surface area contributed by atoms with Crippen LogP contribution in [0.1, 0.15) is 17.5 Å². The number of hydrogen-bond acceptors (Lipinski definition) is 4. The molecule has 3 aromatic heterocycles. The van der Waals surface area contributed by atoms with Gasteiger partial charge in [0, 0.05) is 30.4 Å². The Kier molecular flexibility index (Phi) is 2.81. The van der Waals surface area contributed by atoms with Crippen molar-refractivity contribution < 1.29 is 9.50 Å². The summed E-state index contributed by atoms with van der Waals surface area (Å²) in [5.41, 5.74) is 0.785. The first-order valence-corrected chi connectivity index (χ1v) is 6.31. The Morgan fingerprint density at radius 1 is 1.50 bits per heavy atom. The summed E-state index contributed by atoms with van der Waals surface area (Å²) in [5, 5.41) is 11.9. The van der Waals surface area contributed by atoms with Crippen LogP contribution in [-0.4, -0.2) is 19.5 Å². The fourth-order valence-electron chi connectivity index (χ4n) is 1.81. The third-order valence-electron chi connectivity index (χ3n) is 2.65. The van der Waals surface area contributed by atoms with Gasteiger partial charge in [-0.25, -0.2) is 9.37 Å². The van der Waals surface area contributed by atoms with Crippen molar-refractivity contribution in [2.24, 2.45) is 0 Å². The Balaban J connectivity index is 1.84. The van der Waals surface area contributed by atoms with Crippen LogP contribution in [0.15, 0.2) is 36.1 Å². The monoisotopic (exact) mass is 263 g/mol.